The smallest absolute Gasteiger partial charge is 0.207 e. The number of Topliss-reactive ketones (excluding diaryl/α,β-unsaturated/α-hetero) is 2. The summed E-state index contributed by atoms with van der Waals surface area (Å²) in [4.78, 5) is 31.7. The summed E-state index contributed by atoms with van der Waals surface area (Å²) in [5.74, 6) is -0.626. The Kier molecular flexibility index (Phi) is 3.62. The van der Waals surface area contributed by atoms with Crippen LogP contribution in [-0.2, 0) is 0 Å². The van der Waals surface area contributed by atoms with Crippen molar-refractivity contribution in [2.24, 2.45) is 0 Å². The van der Waals surface area contributed by atoms with Gasteiger partial charge < -0.3 is 4.42 Å². The third-order valence-corrected chi connectivity index (χ3v) is 3.38. The molecule has 0 atom stereocenters. The summed E-state index contributed by atoms with van der Waals surface area (Å²) in [6, 6.07) is 8.66. The SMILES string of the molecule is O=C(CC(=O)c1cc2cc(Br)ccc2o1)c1ncccn1. The Balaban J connectivity index is 1.82. The van der Waals surface area contributed by atoms with E-state index in [4.69, 9.17) is 4.42 Å². The fourth-order valence-corrected chi connectivity index (χ4v) is 2.29. The van der Waals surface area contributed by atoms with Crippen molar-refractivity contribution in [3.63, 3.8) is 0 Å². The minimum Gasteiger partial charge on any atom is -0.453 e. The molecule has 3 aromatic rings. The number of hydrogen-bond acceptors (Lipinski definition) is 5. The van der Waals surface area contributed by atoms with Crippen molar-refractivity contribution >= 4 is 38.5 Å². The van der Waals surface area contributed by atoms with Crippen LogP contribution < -0.4 is 0 Å². The van der Waals surface area contributed by atoms with E-state index in [-0.39, 0.29) is 23.8 Å². The number of rotatable bonds is 4. The van der Waals surface area contributed by atoms with Crippen LogP contribution in [0, 0.1) is 0 Å². The first-order valence-corrected chi connectivity index (χ1v) is 6.95. The highest BCUT2D eigenvalue weighted by Crippen LogP contribution is 2.24. The van der Waals surface area contributed by atoms with Gasteiger partial charge in [0.25, 0.3) is 0 Å². The van der Waals surface area contributed by atoms with Gasteiger partial charge in [-0.2, -0.15) is 0 Å². The molecule has 0 unspecified atom stereocenters. The van der Waals surface area contributed by atoms with Crippen molar-refractivity contribution in [3.8, 4) is 0 Å². The van der Waals surface area contributed by atoms with Crippen molar-refractivity contribution in [2.75, 3.05) is 0 Å². The second-order valence-electron chi connectivity index (χ2n) is 4.39. The Morgan fingerprint density at radius 1 is 1.10 bits per heavy atom. The zero-order valence-corrected chi connectivity index (χ0v) is 12.3. The second-order valence-corrected chi connectivity index (χ2v) is 5.30. The maximum atomic E-state index is 12.1. The maximum absolute atomic E-state index is 12.1. The summed E-state index contributed by atoms with van der Waals surface area (Å²) in [5.41, 5.74) is 0.602. The molecule has 21 heavy (non-hydrogen) atoms. The zero-order chi connectivity index (χ0) is 14.8. The zero-order valence-electron chi connectivity index (χ0n) is 10.7. The molecule has 2 heterocycles. The van der Waals surface area contributed by atoms with Crippen molar-refractivity contribution in [3.05, 3.63) is 58.8 Å². The lowest BCUT2D eigenvalue weighted by molar-refractivity contribution is 0.0874. The van der Waals surface area contributed by atoms with Crippen LogP contribution in [0.2, 0.25) is 0 Å². The van der Waals surface area contributed by atoms with Gasteiger partial charge >= 0.3 is 0 Å². The largest absolute Gasteiger partial charge is 0.453 e. The second kappa shape index (κ2) is 5.57. The van der Waals surface area contributed by atoms with E-state index in [9.17, 15) is 9.59 Å². The molecule has 0 saturated carbocycles. The number of fused-ring (bicyclic) bond motifs is 1. The number of ketones is 2. The fourth-order valence-electron chi connectivity index (χ4n) is 1.91. The van der Waals surface area contributed by atoms with E-state index in [2.05, 4.69) is 25.9 Å². The minimum atomic E-state index is -0.428. The molecule has 5 nitrogen and oxygen atoms in total. The minimum absolute atomic E-state index is 0.0321. The van der Waals surface area contributed by atoms with Crippen LogP contribution in [0.4, 0.5) is 0 Å². The van der Waals surface area contributed by atoms with Gasteiger partial charge in [-0.15, -0.1) is 0 Å². The Bertz CT molecular complexity index is 827. The molecule has 0 N–H and O–H groups in total. The van der Waals surface area contributed by atoms with Crippen molar-refractivity contribution in [1.29, 1.82) is 0 Å². The number of carbonyl (C=O) groups is 2. The van der Waals surface area contributed by atoms with Gasteiger partial charge in [-0.05, 0) is 30.3 Å². The molecule has 0 bridgehead atoms. The first kappa shape index (κ1) is 13.6. The number of nitrogens with zero attached hydrogens (tertiary/aromatic N) is 2. The van der Waals surface area contributed by atoms with Crippen molar-refractivity contribution in [1.82, 2.24) is 9.97 Å². The summed E-state index contributed by atoms with van der Waals surface area (Å²) >= 11 is 3.35. The van der Waals surface area contributed by atoms with E-state index in [0.29, 0.717) is 5.58 Å². The number of hydrogen-bond donors (Lipinski definition) is 0. The van der Waals surface area contributed by atoms with Crippen LogP contribution in [0.1, 0.15) is 27.6 Å². The average Bonchev–Trinajstić information content (AvgIpc) is 2.91. The Morgan fingerprint density at radius 2 is 1.86 bits per heavy atom. The van der Waals surface area contributed by atoms with Crippen LogP contribution in [0.15, 0.2) is 51.6 Å². The molecule has 6 heteroatoms. The third-order valence-electron chi connectivity index (χ3n) is 2.89. The third kappa shape index (κ3) is 2.90. The van der Waals surface area contributed by atoms with E-state index in [1.54, 1.807) is 18.2 Å². The lowest BCUT2D eigenvalue weighted by Gasteiger charge is -1.96. The molecule has 0 spiro atoms. The highest BCUT2D eigenvalue weighted by atomic mass is 79.9. The number of aromatic nitrogens is 2. The molecule has 0 aliphatic carbocycles. The van der Waals surface area contributed by atoms with Crippen LogP contribution in [0.3, 0.4) is 0 Å². The van der Waals surface area contributed by atoms with E-state index >= 15 is 0 Å². The highest BCUT2D eigenvalue weighted by molar-refractivity contribution is 9.10. The monoisotopic (exact) mass is 344 g/mol. The number of benzene rings is 1. The average molecular weight is 345 g/mol. The van der Waals surface area contributed by atoms with Crippen molar-refractivity contribution in [2.45, 2.75) is 6.42 Å². The molecule has 1 aromatic carbocycles. The van der Waals surface area contributed by atoms with Gasteiger partial charge in [-0.25, -0.2) is 9.97 Å². The van der Waals surface area contributed by atoms with Crippen LogP contribution in [-0.4, -0.2) is 21.5 Å². The Labute approximate surface area is 128 Å². The van der Waals surface area contributed by atoms with E-state index in [1.807, 2.05) is 12.1 Å². The molecule has 0 aliphatic heterocycles. The molecule has 0 amide bonds. The number of halogens is 1. The van der Waals surface area contributed by atoms with Crippen LogP contribution in [0.5, 0.6) is 0 Å². The normalized spacial score (nSPS) is 10.7. The predicted octanol–water partition coefficient (Wildman–Crippen LogP) is 3.44. The molecule has 0 aliphatic rings. The van der Waals surface area contributed by atoms with Crippen molar-refractivity contribution < 1.29 is 14.0 Å². The van der Waals surface area contributed by atoms with Gasteiger partial charge in [-0.1, -0.05) is 15.9 Å². The van der Waals surface area contributed by atoms with Gasteiger partial charge in [0.05, 0.1) is 6.42 Å². The maximum Gasteiger partial charge on any atom is 0.207 e. The summed E-state index contributed by atoms with van der Waals surface area (Å²) in [6.07, 6.45) is 2.61. The van der Waals surface area contributed by atoms with Gasteiger partial charge in [0.2, 0.25) is 11.6 Å². The summed E-state index contributed by atoms with van der Waals surface area (Å²) in [7, 11) is 0. The number of furan rings is 1. The summed E-state index contributed by atoms with van der Waals surface area (Å²) < 4.78 is 6.35. The van der Waals surface area contributed by atoms with Crippen LogP contribution in [0.25, 0.3) is 11.0 Å². The molecule has 104 valence electrons. The molecular formula is C15H9BrN2O3. The van der Waals surface area contributed by atoms with E-state index in [1.165, 1.54) is 12.4 Å². The predicted molar refractivity (Wildman–Crippen MR) is 79.2 cm³/mol. The lowest BCUT2D eigenvalue weighted by atomic mass is 10.1. The molecule has 3 rings (SSSR count). The van der Waals surface area contributed by atoms with Gasteiger partial charge in [0.15, 0.2) is 11.6 Å². The van der Waals surface area contributed by atoms with Gasteiger partial charge in [0, 0.05) is 22.3 Å². The van der Waals surface area contributed by atoms with E-state index < -0.39 is 5.78 Å². The highest BCUT2D eigenvalue weighted by Gasteiger charge is 2.19. The number of carbonyl (C=O) groups excluding carboxylic acids is 2. The van der Waals surface area contributed by atoms with Gasteiger partial charge in [0.1, 0.15) is 5.58 Å². The molecule has 0 fully saturated rings. The Morgan fingerprint density at radius 3 is 2.62 bits per heavy atom. The lowest BCUT2D eigenvalue weighted by Crippen LogP contribution is -2.10. The fraction of sp³-hybridized carbons (Fsp3) is 0.0667. The quantitative estimate of drug-likeness (QED) is 0.535. The van der Waals surface area contributed by atoms with E-state index in [0.717, 1.165) is 9.86 Å². The molecule has 0 radical (unpaired) electrons. The molecule has 0 saturated heterocycles. The summed E-state index contributed by atoms with van der Waals surface area (Å²) in [6.45, 7) is 0. The topological polar surface area (TPSA) is 73.1 Å². The standard InChI is InChI=1S/C15H9BrN2O3/c16-10-2-3-13-9(6-10)7-14(21-13)11(19)8-12(20)15-17-4-1-5-18-15/h1-7H,8H2. The van der Waals surface area contributed by atoms with Gasteiger partial charge in [-0.3, -0.25) is 9.59 Å². The molecule has 2 aromatic heterocycles. The first-order chi connectivity index (χ1) is 10.1. The van der Waals surface area contributed by atoms with Crippen LogP contribution >= 0.6 is 15.9 Å². The Hall–Kier alpha value is -2.34. The molecular weight excluding hydrogens is 336 g/mol. The first-order valence-electron chi connectivity index (χ1n) is 6.16. The summed E-state index contributed by atoms with van der Waals surface area (Å²) in [5, 5.41) is 0.802.